The van der Waals surface area contributed by atoms with Gasteiger partial charge in [-0.05, 0) is 36.6 Å². The van der Waals surface area contributed by atoms with Crippen molar-refractivity contribution in [1.29, 1.82) is 0 Å². The Bertz CT molecular complexity index is 715. The van der Waals surface area contributed by atoms with Crippen LogP contribution < -0.4 is 14.2 Å². The van der Waals surface area contributed by atoms with E-state index in [2.05, 4.69) is 0 Å². The zero-order chi connectivity index (χ0) is 19.1. The molecule has 0 N–H and O–H groups in total. The maximum Gasteiger partial charge on any atom is 0.226 e. The van der Waals surface area contributed by atoms with Crippen LogP contribution in [0.1, 0.15) is 16.7 Å². The molecule has 2 aromatic carbocycles. The summed E-state index contributed by atoms with van der Waals surface area (Å²) < 4.78 is 16.1. The van der Waals surface area contributed by atoms with Crippen LogP contribution in [0.3, 0.4) is 0 Å². The van der Waals surface area contributed by atoms with Crippen LogP contribution >= 0.6 is 0 Å². The molecule has 0 aliphatic carbocycles. The Morgan fingerprint density at radius 2 is 1.50 bits per heavy atom. The molecule has 0 aliphatic rings. The number of amides is 1. The summed E-state index contributed by atoms with van der Waals surface area (Å²) in [6, 6.07) is 11.9. The largest absolute Gasteiger partial charge is 0.493 e. The van der Waals surface area contributed by atoms with Crippen molar-refractivity contribution in [3.63, 3.8) is 0 Å². The highest BCUT2D eigenvalue weighted by molar-refractivity contribution is 5.78. The molecule has 0 atom stereocenters. The smallest absolute Gasteiger partial charge is 0.226 e. The normalized spacial score (nSPS) is 10.3. The Kier molecular flexibility index (Phi) is 6.89. The van der Waals surface area contributed by atoms with Crippen LogP contribution in [0.4, 0.5) is 0 Å². The number of benzene rings is 2. The van der Waals surface area contributed by atoms with Gasteiger partial charge in [0.25, 0.3) is 0 Å². The average molecular weight is 357 g/mol. The minimum atomic E-state index is 0.0984. The van der Waals surface area contributed by atoms with Crippen molar-refractivity contribution in [3.8, 4) is 17.2 Å². The SMILES string of the molecule is COc1cc(CCN(C)C(=O)Cc2ccc(C)cc2)cc(OC)c1OC. The van der Waals surface area contributed by atoms with Crippen LogP contribution in [0.5, 0.6) is 17.2 Å². The molecule has 0 saturated carbocycles. The number of carbonyl (C=O) groups is 1. The van der Waals surface area contributed by atoms with Gasteiger partial charge in [0.05, 0.1) is 27.8 Å². The third-order valence-electron chi connectivity index (χ3n) is 4.36. The summed E-state index contributed by atoms with van der Waals surface area (Å²) in [4.78, 5) is 14.2. The van der Waals surface area contributed by atoms with Gasteiger partial charge in [-0.3, -0.25) is 4.79 Å². The van der Waals surface area contributed by atoms with Crippen molar-refractivity contribution in [2.75, 3.05) is 34.9 Å². The molecule has 0 aromatic heterocycles. The van der Waals surface area contributed by atoms with Gasteiger partial charge in [-0.2, -0.15) is 0 Å². The molecule has 5 heteroatoms. The number of carbonyl (C=O) groups excluding carboxylic acids is 1. The molecule has 1 amide bonds. The van der Waals surface area contributed by atoms with E-state index in [9.17, 15) is 4.79 Å². The van der Waals surface area contributed by atoms with Crippen LogP contribution in [0.2, 0.25) is 0 Å². The molecule has 2 rings (SSSR count). The predicted molar refractivity (Wildman–Crippen MR) is 102 cm³/mol. The van der Waals surface area contributed by atoms with Gasteiger partial charge in [0.15, 0.2) is 11.5 Å². The van der Waals surface area contributed by atoms with E-state index in [1.807, 2.05) is 50.4 Å². The quantitative estimate of drug-likeness (QED) is 0.728. The average Bonchev–Trinajstić information content (AvgIpc) is 2.66. The monoisotopic (exact) mass is 357 g/mol. The second-order valence-corrected chi connectivity index (χ2v) is 6.26. The van der Waals surface area contributed by atoms with Crippen molar-refractivity contribution in [1.82, 2.24) is 4.90 Å². The molecule has 26 heavy (non-hydrogen) atoms. The summed E-state index contributed by atoms with van der Waals surface area (Å²) >= 11 is 0. The minimum absolute atomic E-state index is 0.0984. The second kappa shape index (κ2) is 9.13. The molecule has 0 bridgehead atoms. The minimum Gasteiger partial charge on any atom is -0.493 e. The lowest BCUT2D eigenvalue weighted by Crippen LogP contribution is -2.30. The first-order chi connectivity index (χ1) is 12.5. The summed E-state index contributed by atoms with van der Waals surface area (Å²) in [5.74, 6) is 1.91. The Morgan fingerprint density at radius 1 is 0.923 bits per heavy atom. The third-order valence-corrected chi connectivity index (χ3v) is 4.36. The van der Waals surface area contributed by atoms with Gasteiger partial charge in [0, 0.05) is 13.6 Å². The number of methoxy groups -OCH3 is 3. The van der Waals surface area contributed by atoms with E-state index in [0.29, 0.717) is 36.6 Å². The zero-order valence-corrected chi connectivity index (χ0v) is 16.2. The Balaban J connectivity index is 2.00. The van der Waals surface area contributed by atoms with Gasteiger partial charge >= 0.3 is 0 Å². The molecule has 140 valence electrons. The summed E-state index contributed by atoms with van der Waals surface area (Å²) in [6.07, 6.45) is 1.11. The van der Waals surface area contributed by atoms with Crippen LogP contribution in [0, 0.1) is 6.92 Å². The third kappa shape index (κ3) is 4.91. The van der Waals surface area contributed by atoms with E-state index < -0.39 is 0 Å². The van der Waals surface area contributed by atoms with Gasteiger partial charge < -0.3 is 19.1 Å². The molecular formula is C21H27NO4. The van der Waals surface area contributed by atoms with Crippen molar-refractivity contribution in [3.05, 3.63) is 53.1 Å². The molecule has 5 nitrogen and oxygen atoms in total. The van der Waals surface area contributed by atoms with E-state index in [1.54, 1.807) is 26.2 Å². The number of hydrogen-bond acceptors (Lipinski definition) is 4. The molecule has 0 heterocycles. The fourth-order valence-corrected chi connectivity index (χ4v) is 2.72. The topological polar surface area (TPSA) is 48.0 Å². The Labute approximate surface area is 155 Å². The van der Waals surface area contributed by atoms with Crippen LogP contribution in [0.25, 0.3) is 0 Å². The molecule has 0 aliphatic heterocycles. The highest BCUT2D eigenvalue weighted by Gasteiger charge is 2.15. The molecule has 0 unspecified atom stereocenters. The lowest BCUT2D eigenvalue weighted by Gasteiger charge is -2.19. The standard InChI is InChI=1S/C21H27NO4/c1-15-6-8-16(9-7-15)14-20(23)22(2)11-10-17-12-18(24-3)21(26-5)19(13-17)25-4/h6-9,12-13H,10-11,14H2,1-5H3. The second-order valence-electron chi connectivity index (χ2n) is 6.26. The highest BCUT2D eigenvalue weighted by Crippen LogP contribution is 2.38. The van der Waals surface area contributed by atoms with Gasteiger partial charge in [-0.25, -0.2) is 0 Å². The first kappa shape index (κ1) is 19.6. The Morgan fingerprint density at radius 3 is 2.00 bits per heavy atom. The van der Waals surface area contributed by atoms with E-state index in [-0.39, 0.29) is 5.91 Å². The van der Waals surface area contributed by atoms with Crippen molar-refractivity contribution < 1.29 is 19.0 Å². The number of ether oxygens (including phenoxy) is 3. The Hall–Kier alpha value is -2.69. The van der Waals surface area contributed by atoms with Crippen LogP contribution in [-0.2, 0) is 17.6 Å². The highest BCUT2D eigenvalue weighted by atomic mass is 16.5. The summed E-state index contributed by atoms with van der Waals surface area (Å²) in [5.41, 5.74) is 3.24. The number of hydrogen-bond donors (Lipinski definition) is 0. The molecule has 0 spiro atoms. The van der Waals surface area contributed by atoms with E-state index in [0.717, 1.165) is 11.1 Å². The van der Waals surface area contributed by atoms with Crippen molar-refractivity contribution >= 4 is 5.91 Å². The molecule has 0 fully saturated rings. The molecular weight excluding hydrogens is 330 g/mol. The lowest BCUT2D eigenvalue weighted by atomic mass is 10.1. The molecule has 2 aromatic rings. The maximum atomic E-state index is 12.4. The number of aryl methyl sites for hydroxylation is 1. The molecule has 0 radical (unpaired) electrons. The predicted octanol–water partition coefficient (Wildman–Crippen LogP) is 3.26. The number of nitrogens with zero attached hydrogens (tertiary/aromatic N) is 1. The summed E-state index contributed by atoms with van der Waals surface area (Å²) in [7, 11) is 6.60. The lowest BCUT2D eigenvalue weighted by molar-refractivity contribution is -0.129. The van der Waals surface area contributed by atoms with Crippen molar-refractivity contribution in [2.45, 2.75) is 19.8 Å². The number of rotatable bonds is 8. The maximum absolute atomic E-state index is 12.4. The zero-order valence-electron chi connectivity index (χ0n) is 16.2. The van der Waals surface area contributed by atoms with Crippen LogP contribution in [-0.4, -0.2) is 45.7 Å². The summed E-state index contributed by atoms with van der Waals surface area (Å²) in [6.45, 7) is 2.65. The first-order valence-corrected chi connectivity index (χ1v) is 8.57. The van der Waals surface area contributed by atoms with Crippen LogP contribution in [0.15, 0.2) is 36.4 Å². The molecule has 0 saturated heterocycles. The summed E-state index contributed by atoms with van der Waals surface area (Å²) in [5, 5.41) is 0. The van der Waals surface area contributed by atoms with E-state index >= 15 is 0 Å². The number of likely N-dealkylation sites (N-methyl/N-ethyl adjacent to an activating group) is 1. The van der Waals surface area contributed by atoms with Gasteiger partial charge in [0.1, 0.15) is 0 Å². The first-order valence-electron chi connectivity index (χ1n) is 8.57. The van der Waals surface area contributed by atoms with E-state index in [1.165, 1.54) is 5.56 Å². The van der Waals surface area contributed by atoms with Gasteiger partial charge in [-0.15, -0.1) is 0 Å². The van der Waals surface area contributed by atoms with E-state index in [4.69, 9.17) is 14.2 Å². The fraction of sp³-hybridized carbons (Fsp3) is 0.381. The fourth-order valence-electron chi connectivity index (χ4n) is 2.72. The van der Waals surface area contributed by atoms with Gasteiger partial charge in [-0.1, -0.05) is 29.8 Å². The van der Waals surface area contributed by atoms with Crippen molar-refractivity contribution in [2.24, 2.45) is 0 Å². The van der Waals surface area contributed by atoms with Gasteiger partial charge in [0.2, 0.25) is 11.7 Å².